The van der Waals surface area contributed by atoms with Crippen molar-refractivity contribution in [3.8, 4) is 5.75 Å². The molecule has 0 bridgehead atoms. The molecule has 0 aliphatic carbocycles. The minimum absolute atomic E-state index is 0.401. The number of para-hydroxylation sites is 1. The largest absolute Gasteiger partial charge is 0.496 e. The average molecular weight is 276 g/mol. The molecule has 1 aliphatic rings. The Morgan fingerprint density at radius 2 is 2.20 bits per heavy atom. The summed E-state index contributed by atoms with van der Waals surface area (Å²) >= 11 is 0. The molecule has 2 atom stereocenters. The van der Waals surface area contributed by atoms with E-state index < -0.39 is 0 Å². The van der Waals surface area contributed by atoms with E-state index in [4.69, 9.17) is 4.74 Å². The van der Waals surface area contributed by atoms with Crippen LogP contribution in [0.2, 0.25) is 0 Å². The summed E-state index contributed by atoms with van der Waals surface area (Å²) in [6, 6.07) is 8.78. The van der Waals surface area contributed by atoms with Crippen LogP contribution >= 0.6 is 0 Å². The molecule has 1 N–H and O–H groups in total. The number of benzene rings is 1. The Bertz CT molecular complexity index is 402. The van der Waals surface area contributed by atoms with Gasteiger partial charge in [0.2, 0.25) is 0 Å². The Kier molecular flexibility index (Phi) is 5.86. The van der Waals surface area contributed by atoms with E-state index in [1.165, 1.54) is 31.5 Å². The fourth-order valence-electron chi connectivity index (χ4n) is 3.18. The summed E-state index contributed by atoms with van der Waals surface area (Å²) in [5.41, 5.74) is 1.29. The molecule has 20 heavy (non-hydrogen) atoms. The van der Waals surface area contributed by atoms with E-state index in [1.807, 2.05) is 6.07 Å². The van der Waals surface area contributed by atoms with Crippen LogP contribution in [-0.4, -0.2) is 38.2 Å². The SMILES string of the molecule is CCN(CC1CCCNC1)C(C)c1ccccc1OC. The van der Waals surface area contributed by atoms with E-state index in [1.54, 1.807) is 7.11 Å². The maximum atomic E-state index is 5.51. The molecule has 1 aromatic rings. The molecule has 3 heteroatoms. The lowest BCUT2D eigenvalue weighted by Crippen LogP contribution is -2.39. The first-order chi connectivity index (χ1) is 9.76. The first-order valence-electron chi connectivity index (χ1n) is 7.84. The van der Waals surface area contributed by atoms with E-state index in [2.05, 4.69) is 42.3 Å². The van der Waals surface area contributed by atoms with Crippen LogP contribution in [0.1, 0.15) is 38.3 Å². The molecular weight excluding hydrogens is 248 g/mol. The Morgan fingerprint density at radius 3 is 2.85 bits per heavy atom. The van der Waals surface area contributed by atoms with Gasteiger partial charge in [-0.3, -0.25) is 4.90 Å². The monoisotopic (exact) mass is 276 g/mol. The van der Waals surface area contributed by atoms with Crippen molar-refractivity contribution in [1.82, 2.24) is 10.2 Å². The quantitative estimate of drug-likeness (QED) is 0.864. The molecule has 2 rings (SSSR count). The Balaban J connectivity index is 2.05. The standard InChI is InChI=1S/C17H28N2O/c1-4-19(13-15-8-7-11-18-12-15)14(2)16-9-5-6-10-17(16)20-3/h5-6,9-10,14-15,18H,4,7-8,11-13H2,1-3H3. The number of rotatable bonds is 6. The summed E-state index contributed by atoms with van der Waals surface area (Å²) in [6.07, 6.45) is 2.66. The predicted octanol–water partition coefficient (Wildman–Crippen LogP) is 3.08. The summed E-state index contributed by atoms with van der Waals surface area (Å²) in [5.74, 6) is 1.78. The zero-order valence-electron chi connectivity index (χ0n) is 13.1. The highest BCUT2D eigenvalue weighted by Crippen LogP contribution is 2.29. The van der Waals surface area contributed by atoms with Gasteiger partial charge in [0.25, 0.3) is 0 Å². The van der Waals surface area contributed by atoms with Crippen LogP contribution in [0.5, 0.6) is 5.75 Å². The fraction of sp³-hybridized carbons (Fsp3) is 0.647. The summed E-state index contributed by atoms with van der Waals surface area (Å²) < 4.78 is 5.51. The average Bonchev–Trinajstić information content (AvgIpc) is 2.53. The third kappa shape index (κ3) is 3.74. The number of hydrogen-bond donors (Lipinski definition) is 1. The molecule has 1 aromatic carbocycles. The van der Waals surface area contributed by atoms with E-state index in [0.717, 1.165) is 24.8 Å². The second-order valence-corrected chi connectivity index (χ2v) is 5.72. The van der Waals surface area contributed by atoms with Crippen molar-refractivity contribution in [2.24, 2.45) is 5.92 Å². The molecule has 0 saturated carbocycles. The minimum Gasteiger partial charge on any atom is -0.496 e. The number of ether oxygens (including phenoxy) is 1. The topological polar surface area (TPSA) is 24.5 Å². The highest BCUT2D eigenvalue weighted by atomic mass is 16.5. The lowest BCUT2D eigenvalue weighted by molar-refractivity contribution is 0.168. The molecule has 1 heterocycles. The molecule has 0 spiro atoms. The maximum Gasteiger partial charge on any atom is 0.123 e. The predicted molar refractivity (Wildman–Crippen MR) is 84.2 cm³/mol. The smallest absolute Gasteiger partial charge is 0.123 e. The van der Waals surface area contributed by atoms with Gasteiger partial charge in [-0.1, -0.05) is 25.1 Å². The van der Waals surface area contributed by atoms with Gasteiger partial charge in [-0.05, 0) is 51.4 Å². The molecule has 112 valence electrons. The second kappa shape index (κ2) is 7.65. The molecule has 1 fully saturated rings. The number of hydrogen-bond acceptors (Lipinski definition) is 3. The van der Waals surface area contributed by atoms with Crippen LogP contribution in [-0.2, 0) is 0 Å². The van der Waals surface area contributed by atoms with Crippen LogP contribution in [0.15, 0.2) is 24.3 Å². The van der Waals surface area contributed by atoms with Crippen LogP contribution in [0.3, 0.4) is 0 Å². The number of nitrogens with zero attached hydrogens (tertiary/aromatic N) is 1. The summed E-state index contributed by atoms with van der Waals surface area (Å²) in [6.45, 7) is 9.14. The van der Waals surface area contributed by atoms with Gasteiger partial charge in [-0.25, -0.2) is 0 Å². The van der Waals surface area contributed by atoms with Gasteiger partial charge in [0, 0.05) is 18.2 Å². The van der Waals surface area contributed by atoms with E-state index in [-0.39, 0.29) is 0 Å². The van der Waals surface area contributed by atoms with Crippen LogP contribution in [0.4, 0.5) is 0 Å². The van der Waals surface area contributed by atoms with Gasteiger partial charge < -0.3 is 10.1 Å². The number of piperidine rings is 1. The summed E-state index contributed by atoms with van der Waals surface area (Å²) in [7, 11) is 1.76. The van der Waals surface area contributed by atoms with Gasteiger partial charge in [0.05, 0.1) is 7.11 Å². The van der Waals surface area contributed by atoms with Crippen molar-refractivity contribution in [2.45, 2.75) is 32.7 Å². The minimum atomic E-state index is 0.401. The molecular formula is C17H28N2O. The van der Waals surface area contributed by atoms with Gasteiger partial charge >= 0.3 is 0 Å². The number of nitrogens with one attached hydrogen (secondary N) is 1. The highest BCUT2D eigenvalue weighted by Gasteiger charge is 2.22. The fourth-order valence-corrected chi connectivity index (χ4v) is 3.18. The first-order valence-corrected chi connectivity index (χ1v) is 7.84. The van der Waals surface area contributed by atoms with Gasteiger partial charge in [-0.15, -0.1) is 0 Å². The molecule has 3 nitrogen and oxygen atoms in total. The van der Waals surface area contributed by atoms with Crippen molar-refractivity contribution < 1.29 is 4.74 Å². The lowest BCUT2D eigenvalue weighted by atomic mass is 9.97. The molecule has 0 aromatic heterocycles. The third-order valence-corrected chi connectivity index (χ3v) is 4.43. The Morgan fingerprint density at radius 1 is 1.40 bits per heavy atom. The van der Waals surface area contributed by atoms with Gasteiger partial charge in [0.1, 0.15) is 5.75 Å². The Hall–Kier alpha value is -1.06. The zero-order valence-corrected chi connectivity index (χ0v) is 13.1. The van der Waals surface area contributed by atoms with Crippen molar-refractivity contribution >= 4 is 0 Å². The second-order valence-electron chi connectivity index (χ2n) is 5.72. The lowest BCUT2D eigenvalue weighted by Gasteiger charge is -2.34. The third-order valence-electron chi connectivity index (χ3n) is 4.43. The number of methoxy groups -OCH3 is 1. The van der Waals surface area contributed by atoms with Crippen LogP contribution in [0.25, 0.3) is 0 Å². The first kappa shape index (κ1) is 15.3. The van der Waals surface area contributed by atoms with E-state index in [9.17, 15) is 0 Å². The van der Waals surface area contributed by atoms with Crippen LogP contribution in [0, 0.1) is 5.92 Å². The van der Waals surface area contributed by atoms with Crippen LogP contribution < -0.4 is 10.1 Å². The van der Waals surface area contributed by atoms with E-state index >= 15 is 0 Å². The zero-order chi connectivity index (χ0) is 14.4. The molecule has 0 amide bonds. The van der Waals surface area contributed by atoms with Crippen molar-refractivity contribution in [3.05, 3.63) is 29.8 Å². The van der Waals surface area contributed by atoms with Crippen molar-refractivity contribution in [2.75, 3.05) is 33.3 Å². The van der Waals surface area contributed by atoms with Crippen molar-refractivity contribution in [1.29, 1.82) is 0 Å². The molecule has 2 unspecified atom stereocenters. The van der Waals surface area contributed by atoms with Gasteiger partial charge in [-0.2, -0.15) is 0 Å². The van der Waals surface area contributed by atoms with Crippen molar-refractivity contribution in [3.63, 3.8) is 0 Å². The Labute approximate surface area is 123 Å². The normalized spacial score (nSPS) is 20.9. The maximum absolute atomic E-state index is 5.51. The molecule has 1 saturated heterocycles. The molecule has 0 radical (unpaired) electrons. The summed E-state index contributed by atoms with van der Waals surface area (Å²) in [5, 5.41) is 3.51. The van der Waals surface area contributed by atoms with E-state index in [0.29, 0.717) is 6.04 Å². The molecule has 1 aliphatic heterocycles. The van der Waals surface area contributed by atoms with Gasteiger partial charge in [0.15, 0.2) is 0 Å². The summed E-state index contributed by atoms with van der Waals surface area (Å²) in [4.78, 5) is 2.56. The highest BCUT2D eigenvalue weighted by molar-refractivity contribution is 5.35.